The lowest BCUT2D eigenvalue weighted by molar-refractivity contribution is 1.16. The molecular formula is C10H6ClIN2. The summed E-state index contributed by atoms with van der Waals surface area (Å²) in [4.78, 5) is 8.43. The summed E-state index contributed by atoms with van der Waals surface area (Å²) >= 11 is 7.96. The standard InChI is InChI=1S/C10H6ClIN2/c11-8-3-1-7(2-4-8)10-13-5-9(12)6-14-10/h1-6H. The van der Waals surface area contributed by atoms with Crippen LogP contribution < -0.4 is 0 Å². The molecule has 0 bridgehead atoms. The molecule has 0 aliphatic carbocycles. The molecule has 0 aliphatic rings. The quantitative estimate of drug-likeness (QED) is 0.754. The van der Waals surface area contributed by atoms with Crippen molar-refractivity contribution in [2.75, 3.05) is 0 Å². The van der Waals surface area contributed by atoms with Crippen molar-refractivity contribution in [2.45, 2.75) is 0 Å². The summed E-state index contributed by atoms with van der Waals surface area (Å²) in [6.45, 7) is 0. The molecule has 0 N–H and O–H groups in total. The van der Waals surface area contributed by atoms with E-state index >= 15 is 0 Å². The topological polar surface area (TPSA) is 25.8 Å². The Kier molecular flexibility index (Phi) is 2.98. The normalized spacial score (nSPS) is 10.1. The highest BCUT2D eigenvalue weighted by atomic mass is 127. The van der Waals surface area contributed by atoms with Gasteiger partial charge >= 0.3 is 0 Å². The Hall–Kier alpha value is -0.680. The highest BCUT2D eigenvalue weighted by molar-refractivity contribution is 14.1. The predicted molar refractivity (Wildman–Crippen MR) is 65.2 cm³/mol. The summed E-state index contributed by atoms with van der Waals surface area (Å²) in [6, 6.07) is 7.48. The van der Waals surface area contributed by atoms with E-state index in [1.165, 1.54) is 0 Å². The highest BCUT2D eigenvalue weighted by Gasteiger charge is 1.99. The molecule has 0 fully saturated rings. The van der Waals surface area contributed by atoms with Gasteiger partial charge in [-0.2, -0.15) is 0 Å². The van der Waals surface area contributed by atoms with Gasteiger partial charge < -0.3 is 0 Å². The molecule has 0 saturated carbocycles. The molecule has 1 aromatic heterocycles. The molecular weight excluding hydrogens is 310 g/mol. The highest BCUT2D eigenvalue weighted by Crippen LogP contribution is 2.17. The van der Waals surface area contributed by atoms with Crippen molar-refractivity contribution in [3.63, 3.8) is 0 Å². The average Bonchev–Trinajstić information content (AvgIpc) is 2.21. The first-order valence-electron chi connectivity index (χ1n) is 3.99. The van der Waals surface area contributed by atoms with E-state index in [0.29, 0.717) is 0 Å². The SMILES string of the molecule is Clc1ccc(-c2ncc(I)cn2)cc1. The van der Waals surface area contributed by atoms with E-state index in [0.717, 1.165) is 20.0 Å². The van der Waals surface area contributed by atoms with Crippen LogP contribution in [0.3, 0.4) is 0 Å². The van der Waals surface area contributed by atoms with Crippen molar-refractivity contribution in [1.82, 2.24) is 9.97 Å². The minimum absolute atomic E-state index is 0.722. The van der Waals surface area contributed by atoms with Gasteiger partial charge in [-0.05, 0) is 46.9 Å². The third-order valence-electron chi connectivity index (χ3n) is 1.72. The molecule has 0 amide bonds. The van der Waals surface area contributed by atoms with E-state index in [2.05, 4.69) is 32.6 Å². The number of hydrogen-bond donors (Lipinski definition) is 0. The Labute approximate surface area is 100 Å². The summed E-state index contributed by atoms with van der Waals surface area (Å²) in [5, 5.41) is 0.722. The Morgan fingerprint density at radius 2 is 1.57 bits per heavy atom. The number of rotatable bonds is 1. The van der Waals surface area contributed by atoms with Gasteiger partial charge in [0.05, 0.1) is 0 Å². The summed E-state index contributed by atoms with van der Waals surface area (Å²) in [7, 11) is 0. The van der Waals surface area contributed by atoms with Crippen LogP contribution in [-0.2, 0) is 0 Å². The zero-order valence-electron chi connectivity index (χ0n) is 7.11. The largest absolute Gasteiger partial charge is 0.235 e. The molecule has 2 nitrogen and oxygen atoms in total. The zero-order chi connectivity index (χ0) is 9.97. The van der Waals surface area contributed by atoms with Crippen LogP contribution in [0.5, 0.6) is 0 Å². The third kappa shape index (κ3) is 2.22. The lowest BCUT2D eigenvalue weighted by atomic mass is 10.2. The van der Waals surface area contributed by atoms with E-state index in [1.807, 2.05) is 24.3 Å². The van der Waals surface area contributed by atoms with E-state index in [1.54, 1.807) is 12.4 Å². The molecule has 4 heteroatoms. The van der Waals surface area contributed by atoms with Crippen LogP contribution in [-0.4, -0.2) is 9.97 Å². The van der Waals surface area contributed by atoms with E-state index < -0.39 is 0 Å². The van der Waals surface area contributed by atoms with E-state index in [-0.39, 0.29) is 0 Å². The van der Waals surface area contributed by atoms with Gasteiger partial charge in [0.2, 0.25) is 0 Å². The first-order valence-corrected chi connectivity index (χ1v) is 5.45. The number of benzene rings is 1. The lowest BCUT2D eigenvalue weighted by Crippen LogP contribution is -1.88. The monoisotopic (exact) mass is 316 g/mol. The fourth-order valence-electron chi connectivity index (χ4n) is 1.06. The third-order valence-corrected chi connectivity index (χ3v) is 2.53. The van der Waals surface area contributed by atoms with Crippen LogP contribution in [0.1, 0.15) is 0 Å². The maximum absolute atomic E-state index is 5.78. The minimum atomic E-state index is 0.722. The van der Waals surface area contributed by atoms with Crippen molar-refractivity contribution in [1.29, 1.82) is 0 Å². The molecule has 2 aromatic rings. The van der Waals surface area contributed by atoms with Crippen LogP contribution in [0, 0.1) is 3.57 Å². The number of nitrogens with zero attached hydrogens (tertiary/aromatic N) is 2. The van der Waals surface area contributed by atoms with Crippen molar-refractivity contribution in [3.8, 4) is 11.4 Å². The fourth-order valence-corrected chi connectivity index (χ4v) is 1.46. The summed E-state index contributed by atoms with van der Waals surface area (Å²) < 4.78 is 1.03. The maximum atomic E-state index is 5.78. The van der Waals surface area contributed by atoms with Gasteiger partial charge in [0.1, 0.15) is 0 Å². The summed E-state index contributed by atoms with van der Waals surface area (Å²) in [5.41, 5.74) is 0.978. The number of aromatic nitrogens is 2. The Morgan fingerprint density at radius 1 is 1.00 bits per heavy atom. The average molecular weight is 317 g/mol. The van der Waals surface area contributed by atoms with Crippen LogP contribution in [0.25, 0.3) is 11.4 Å². The molecule has 0 atom stereocenters. The van der Waals surface area contributed by atoms with E-state index in [9.17, 15) is 0 Å². The van der Waals surface area contributed by atoms with Gasteiger partial charge in [-0.15, -0.1) is 0 Å². The molecule has 0 aliphatic heterocycles. The van der Waals surface area contributed by atoms with E-state index in [4.69, 9.17) is 11.6 Å². The van der Waals surface area contributed by atoms with Gasteiger partial charge in [-0.1, -0.05) is 11.6 Å². The second kappa shape index (κ2) is 4.23. The van der Waals surface area contributed by atoms with Crippen LogP contribution >= 0.6 is 34.2 Å². The fraction of sp³-hybridized carbons (Fsp3) is 0. The predicted octanol–water partition coefficient (Wildman–Crippen LogP) is 3.40. The van der Waals surface area contributed by atoms with Gasteiger partial charge in [0.15, 0.2) is 5.82 Å². The first kappa shape index (κ1) is 9.86. The molecule has 14 heavy (non-hydrogen) atoms. The van der Waals surface area contributed by atoms with Crippen LogP contribution in [0.4, 0.5) is 0 Å². The van der Waals surface area contributed by atoms with Gasteiger partial charge in [-0.3, -0.25) is 0 Å². The van der Waals surface area contributed by atoms with Gasteiger partial charge in [-0.25, -0.2) is 9.97 Å². The molecule has 70 valence electrons. The molecule has 0 radical (unpaired) electrons. The molecule has 1 heterocycles. The number of halogens is 2. The molecule has 0 unspecified atom stereocenters. The Morgan fingerprint density at radius 3 is 2.14 bits per heavy atom. The van der Waals surface area contributed by atoms with Crippen molar-refractivity contribution in [2.24, 2.45) is 0 Å². The maximum Gasteiger partial charge on any atom is 0.159 e. The molecule has 1 aromatic carbocycles. The first-order chi connectivity index (χ1) is 6.75. The summed E-state index contributed by atoms with van der Waals surface area (Å²) in [6.07, 6.45) is 3.58. The van der Waals surface area contributed by atoms with Crippen molar-refractivity contribution in [3.05, 3.63) is 45.3 Å². The second-order valence-electron chi connectivity index (χ2n) is 2.73. The van der Waals surface area contributed by atoms with Crippen LogP contribution in [0.15, 0.2) is 36.7 Å². The lowest BCUT2D eigenvalue weighted by Gasteiger charge is -1.99. The number of hydrogen-bond acceptors (Lipinski definition) is 2. The Bertz CT molecular complexity index is 381. The van der Waals surface area contributed by atoms with Gasteiger partial charge in [0, 0.05) is 26.5 Å². The Balaban J connectivity index is 2.40. The smallest absolute Gasteiger partial charge is 0.159 e. The minimum Gasteiger partial charge on any atom is -0.235 e. The molecule has 0 spiro atoms. The zero-order valence-corrected chi connectivity index (χ0v) is 10.0. The van der Waals surface area contributed by atoms with Crippen molar-refractivity contribution >= 4 is 34.2 Å². The van der Waals surface area contributed by atoms with Crippen molar-refractivity contribution < 1.29 is 0 Å². The van der Waals surface area contributed by atoms with Crippen LogP contribution in [0.2, 0.25) is 5.02 Å². The summed E-state index contributed by atoms with van der Waals surface area (Å²) in [5.74, 6) is 0.724. The second-order valence-corrected chi connectivity index (χ2v) is 4.41. The molecule has 2 rings (SSSR count). The van der Waals surface area contributed by atoms with Gasteiger partial charge in [0.25, 0.3) is 0 Å². The molecule has 0 saturated heterocycles.